The number of carboxylic acid groups (broad SMARTS) is 1. The molecule has 2 N–H and O–H groups in total. The van der Waals surface area contributed by atoms with Crippen molar-refractivity contribution in [3.63, 3.8) is 0 Å². The highest BCUT2D eigenvalue weighted by Gasteiger charge is 2.05. The topological polar surface area (TPSA) is 57.5 Å². The summed E-state index contributed by atoms with van der Waals surface area (Å²) in [5.74, 6) is 0.512. The Labute approximate surface area is 122 Å². The van der Waals surface area contributed by atoms with Gasteiger partial charge >= 0.3 is 5.97 Å². The summed E-state index contributed by atoms with van der Waals surface area (Å²) in [6.45, 7) is 2.23. The molecule has 3 nitrogen and oxygen atoms in total. The van der Waals surface area contributed by atoms with E-state index < -0.39 is 5.97 Å². The van der Waals surface area contributed by atoms with Gasteiger partial charge in [-0.05, 0) is 6.42 Å². The van der Waals surface area contributed by atoms with E-state index in [9.17, 15) is 9.90 Å². The van der Waals surface area contributed by atoms with E-state index in [1.54, 1.807) is 0 Å². The molecule has 0 aromatic carbocycles. The number of hydrogen-bond acceptors (Lipinski definition) is 3. The van der Waals surface area contributed by atoms with Crippen LogP contribution in [-0.2, 0) is 4.79 Å². The van der Waals surface area contributed by atoms with E-state index in [0.29, 0.717) is 11.5 Å². The summed E-state index contributed by atoms with van der Waals surface area (Å²) < 4.78 is 0. The minimum absolute atomic E-state index is 0.190. The average Bonchev–Trinajstić information content (AvgIpc) is 2.37. The fourth-order valence-corrected chi connectivity index (χ4v) is 2.90. The Morgan fingerprint density at radius 1 is 1.05 bits per heavy atom. The van der Waals surface area contributed by atoms with Crippen LogP contribution in [0.3, 0.4) is 0 Å². The molecule has 0 aliphatic rings. The van der Waals surface area contributed by atoms with Crippen LogP contribution in [0.5, 0.6) is 0 Å². The van der Waals surface area contributed by atoms with Gasteiger partial charge in [-0.2, -0.15) is 11.8 Å². The van der Waals surface area contributed by atoms with Crippen LogP contribution in [0.15, 0.2) is 0 Å². The van der Waals surface area contributed by atoms with Gasteiger partial charge in [0.1, 0.15) is 0 Å². The van der Waals surface area contributed by atoms with Crippen molar-refractivity contribution in [2.24, 2.45) is 0 Å². The lowest BCUT2D eigenvalue weighted by atomic mass is 10.1. The maximum Gasteiger partial charge on any atom is 0.304 e. The molecule has 0 rings (SSSR count). The fraction of sp³-hybridized carbons (Fsp3) is 0.933. The predicted octanol–water partition coefficient (Wildman–Crippen LogP) is 4.09. The summed E-state index contributed by atoms with van der Waals surface area (Å²) in [5, 5.41) is 18.2. The maximum atomic E-state index is 10.3. The molecule has 0 fully saturated rings. The molecular weight excluding hydrogens is 260 g/mol. The molecule has 4 heteroatoms. The quantitative estimate of drug-likeness (QED) is 0.473. The Balaban J connectivity index is 3.15. The molecule has 0 spiro atoms. The summed E-state index contributed by atoms with van der Waals surface area (Å²) >= 11 is 1.54. The second kappa shape index (κ2) is 14.2. The summed E-state index contributed by atoms with van der Waals surface area (Å²) in [7, 11) is 0. The Morgan fingerprint density at radius 3 is 2.21 bits per heavy atom. The molecule has 1 unspecified atom stereocenters. The Hall–Kier alpha value is -0.220. The van der Waals surface area contributed by atoms with Crippen LogP contribution in [0.2, 0.25) is 0 Å². The van der Waals surface area contributed by atoms with Crippen LogP contribution >= 0.6 is 11.8 Å². The molecule has 0 aliphatic carbocycles. The SMILES string of the molecule is CCCCCCCCCCC(O)CSCCC(=O)O. The van der Waals surface area contributed by atoms with Gasteiger partial charge < -0.3 is 10.2 Å². The maximum absolute atomic E-state index is 10.3. The van der Waals surface area contributed by atoms with Crippen LogP contribution < -0.4 is 0 Å². The van der Waals surface area contributed by atoms with Crippen molar-refractivity contribution >= 4 is 17.7 Å². The zero-order valence-electron chi connectivity index (χ0n) is 12.3. The normalized spacial score (nSPS) is 12.5. The first-order valence-corrected chi connectivity index (χ1v) is 8.80. The lowest BCUT2D eigenvalue weighted by Crippen LogP contribution is -2.10. The molecule has 0 aromatic rings. The first-order valence-electron chi connectivity index (χ1n) is 7.64. The number of carbonyl (C=O) groups is 1. The molecule has 0 aliphatic heterocycles. The lowest BCUT2D eigenvalue weighted by molar-refractivity contribution is -0.136. The van der Waals surface area contributed by atoms with Gasteiger partial charge in [-0.1, -0.05) is 58.3 Å². The van der Waals surface area contributed by atoms with Gasteiger partial charge in [0.2, 0.25) is 0 Å². The number of rotatable bonds is 14. The van der Waals surface area contributed by atoms with Crippen LogP contribution in [0, 0.1) is 0 Å². The van der Waals surface area contributed by atoms with Crippen LogP contribution in [0.4, 0.5) is 0 Å². The third kappa shape index (κ3) is 15.7. The number of thioether (sulfide) groups is 1. The fourth-order valence-electron chi connectivity index (χ4n) is 1.98. The van der Waals surface area contributed by atoms with Crippen molar-refractivity contribution in [3.05, 3.63) is 0 Å². The van der Waals surface area contributed by atoms with E-state index in [1.807, 2.05) is 0 Å². The molecule has 1 atom stereocenters. The Bertz CT molecular complexity index is 210. The molecule has 0 saturated heterocycles. The van der Waals surface area contributed by atoms with Gasteiger partial charge in [0.05, 0.1) is 12.5 Å². The van der Waals surface area contributed by atoms with Crippen LogP contribution in [-0.4, -0.2) is 33.8 Å². The smallest absolute Gasteiger partial charge is 0.304 e. The van der Waals surface area contributed by atoms with E-state index >= 15 is 0 Å². The molecule has 0 saturated carbocycles. The molecule has 0 aromatic heterocycles. The van der Waals surface area contributed by atoms with Crippen LogP contribution in [0.1, 0.15) is 71.1 Å². The number of aliphatic hydroxyl groups excluding tert-OH is 1. The standard InChI is InChI=1S/C15H30O3S/c1-2-3-4-5-6-7-8-9-10-14(16)13-19-12-11-15(17)18/h14,16H,2-13H2,1H3,(H,17,18). The first-order chi connectivity index (χ1) is 9.16. The third-order valence-corrected chi connectivity index (χ3v) is 4.27. The molecule has 114 valence electrons. The summed E-state index contributed by atoms with van der Waals surface area (Å²) in [6.07, 6.45) is 11.0. The van der Waals surface area contributed by atoms with Gasteiger partial charge in [-0.25, -0.2) is 0 Å². The van der Waals surface area contributed by atoms with Gasteiger partial charge in [-0.15, -0.1) is 0 Å². The number of aliphatic carboxylic acids is 1. The predicted molar refractivity (Wildman–Crippen MR) is 82.8 cm³/mol. The lowest BCUT2D eigenvalue weighted by Gasteiger charge is -2.09. The number of carboxylic acids is 1. The summed E-state index contributed by atoms with van der Waals surface area (Å²) in [6, 6.07) is 0. The number of aliphatic hydroxyl groups is 1. The third-order valence-electron chi connectivity index (χ3n) is 3.16. The first kappa shape index (κ1) is 18.8. The highest BCUT2D eigenvalue weighted by molar-refractivity contribution is 7.99. The molecular formula is C15H30O3S. The van der Waals surface area contributed by atoms with Crippen molar-refractivity contribution in [3.8, 4) is 0 Å². The van der Waals surface area contributed by atoms with Gasteiger partial charge in [0.15, 0.2) is 0 Å². The van der Waals surface area contributed by atoms with E-state index in [0.717, 1.165) is 12.8 Å². The molecule has 0 amide bonds. The van der Waals surface area contributed by atoms with E-state index in [4.69, 9.17) is 5.11 Å². The minimum Gasteiger partial charge on any atom is -0.481 e. The number of unbranched alkanes of at least 4 members (excludes halogenated alkanes) is 7. The van der Waals surface area contributed by atoms with Gasteiger partial charge in [0.25, 0.3) is 0 Å². The highest BCUT2D eigenvalue weighted by atomic mass is 32.2. The highest BCUT2D eigenvalue weighted by Crippen LogP contribution is 2.13. The molecule has 19 heavy (non-hydrogen) atoms. The summed E-state index contributed by atoms with van der Waals surface area (Å²) in [4.78, 5) is 10.3. The van der Waals surface area contributed by atoms with Crippen molar-refractivity contribution in [2.75, 3.05) is 11.5 Å². The van der Waals surface area contributed by atoms with Crippen molar-refractivity contribution < 1.29 is 15.0 Å². The monoisotopic (exact) mass is 290 g/mol. The van der Waals surface area contributed by atoms with E-state index in [1.165, 1.54) is 56.7 Å². The average molecular weight is 290 g/mol. The van der Waals surface area contributed by atoms with Crippen molar-refractivity contribution in [2.45, 2.75) is 77.2 Å². The zero-order chi connectivity index (χ0) is 14.3. The summed E-state index contributed by atoms with van der Waals surface area (Å²) in [5.41, 5.74) is 0. The molecule has 0 bridgehead atoms. The van der Waals surface area contributed by atoms with Crippen molar-refractivity contribution in [1.29, 1.82) is 0 Å². The molecule has 0 heterocycles. The zero-order valence-corrected chi connectivity index (χ0v) is 13.1. The van der Waals surface area contributed by atoms with Gasteiger partial charge in [0, 0.05) is 11.5 Å². The Morgan fingerprint density at radius 2 is 1.63 bits per heavy atom. The minimum atomic E-state index is -0.759. The van der Waals surface area contributed by atoms with E-state index in [2.05, 4.69) is 6.92 Å². The second-order valence-electron chi connectivity index (χ2n) is 5.14. The van der Waals surface area contributed by atoms with Crippen LogP contribution in [0.25, 0.3) is 0 Å². The number of hydrogen-bond donors (Lipinski definition) is 2. The Kier molecular flexibility index (Phi) is 14.0. The second-order valence-corrected chi connectivity index (χ2v) is 6.29. The van der Waals surface area contributed by atoms with E-state index in [-0.39, 0.29) is 12.5 Å². The van der Waals surface area contributed by atoms with Crippen molar-refractivity contribution in [1.82, 2.24) is 0 Å². The largest absolute Gasteiger partial charge is 0.481 e. The molecule has 0 radical (unpaired) electrons. The van der Waals surface area contributed by atoms with Gasteiger partial charge in [-0.3, -0.25) is 4.79 Å².